The van der Waals surface area contributed by atoms with Gasteiger partial charge in [0.2, 0.25) is 5.91 Å². The molecule has 1 atom stereocenters. The van der Waals surface area contributed by atoms with E-state index >= 15 is 0 Å². The molecule has 0 aliphatic carbocycles. The van der Waals surface area contributed by atoms with E-state index in [0.717, 1.165) is 10.0 Å². The first-order chi connectivity index (χ1) is 11.0. The van der Waals surface area contributed by atoms with Crippen molar-refractivity contribution in [1.82, 2.24) is 5.32 Å². The first kappa shape index (κ1) is 15.4. The number of halogens is 1. The maximum Gasteiger partial charge on any atom is 0.270 e. The number of nitrogens with one attached hydrogen (secondary N) is 1. The van der Waals surface area contributed by atoms with Crippen molar-refractivity contribution >= 4 is 33.2 Å². The predicted octanol–water partition coefficient (Wildman–Crippen LogP) is 4.00. The Kier molecular flexibility index (Phi) is 4.25. The molecule has 0 saturated carbocycles. The smallest absolute Gasteiger partial charge is 0.270 e. The fraction of sp³-hybridized carbons (Fsp3) is 0.118. The monoisotopic (exact) mass is 372 g/mol. The van der Waals surface area contributed by atoms with Crippen LogP contribution in [0.2, 0.25) is 0 Å². The summed E-state index contributed by atoms with van der Waals surface area (Å²) in [5.74, 6) is -0.145. The molecule has 6 heteroatoms. The van der Waals surface area contributed by atoms with Crippen LogP contribution in [0.1, 0.15) is 23.5 Å². The summed E-state index contributed by atoms with van der Waals surface area (Å²) in [5, 5.41) is 13.7. The molecule has 23 heavy (non-hydrogen) atoms. The highest BCUT2D eigenvalue weighted by molar-refractivity contribution is 9.10. The van der Waals surface area contributed by atoms with Crippen molar-refractivity contribution in [3.8, 4) is 0 Å². The molecule has 3 rings (SSSR count). The molecule has 0 bridgehead atoms. The van der Waals surface area contributed by atoms with Crippen molar-refractivity contribution in [3.05, 3.63) is 80.3 Å². The summed E-state index contributed by atoms with van der Waals surface area (Å²) in [7, 11) is 0. The highest BCUT2D eigenvalue weighted by atomic mass is 79.9. The predicted molar refractivity (Wildman–Crippen MR) is 90.7 cm³/mol. The lowest BCUT2D eigenvalue weighted by atomic mass is 9.90. The average Bonchev–Trinajstić information content (AvgIpc) is 2.55. The van der Waals surface area contributed by atoms with E-state index in [1.165, 1.54) is 12.1 Å². The minimum absolute atomic E-state index is 0.00316. The Hall–Kier alpha value is -2.47. The van der Waals surface area contributed by atoms with Crippen molar-refractivity contribution in [2.45, 2.75) is 12.3 Å². The van der Waals surface area contributed by atoms with Crippen LogP contribution < -0.4 is 5.32 Å². The van der Waals surface area contributed by atoms with Gasteiger partial charge in [-0.3, -0.25) is 14.9 Å². The Balaban J connectivity index is 1.97. The minimum atomic E-state index is -0.444. The van der Waals surface area contributed by atoms with Crippen LogP contribution in [0.25, 0.3) is 5.70 Å². The number of allylic oxidation sites excluding steroid dienone is 1. The van der Waals surface area contributed by atoms with Gasteiger partial charge in [0.25, 0.3) is 5.69 Å². The lowest BCUT2D eigenvalue weighted by molar-refractivity contribution is -0.384. The third-order valence-corrected chi connectivity index (χ3v) is 4.24. The SMILES string of the molecule is O=C1CC(c2ccc(Br)cc2)C=C(c2cccc([N+](=O)[O-])c2)N1. The minimum Gasteiger partial charge on any atom is -0.326 e. The Morgan fingerprint density at radius 3 is 2.61 bits per heavy atom. The first-order valence-corrected chi connectivity index (χ1v) is 7.84. The Bertz CT molecular complexity index is 800. The van der Waals surface area contributed by atoms with E-state index in [1.807, 2.05) is 30.3 Å². The number of rotatable bonds is 3. The number of carbonyl (C=O) groups excluding carboxylic acids is 1. The number of hydrogen-bond acceptors (Lipinski definition) is 3. The van der Waals surface area contributed by atoms with Crippen LogP contribution in [-0.2, 0) is 4.79 Å². The number of nitro groups is 1. The summed E-state index contributed by atoms with van der Waals surface area (Å²) >= 11 is 3.39. The lowest BCUT2D eigenvalue weighted by Crippen LogP contribution is -2.28. The molecule has 116 valence electrons. The maximum atomic E-state index is 12.0. The van der Waals surface area contributed by atoms with Gasteiger partial charge in [-0.25, -0.2) is 0 Å². The van der Waals surface area contributed by atoms with Gasteiger partial charge in [-0.05, 0) is 17.7 Å². The van der Waals surface area contributed by atoms with Crippen molar-refractivity contribution in [1.29, 1.82) is 0 Å². The normalized spacial score (nSPS) is 17.3. The van der Waals surface area contributed by atoms with Crippen molar-refractivity contribution in [3.63, 3.8) is 0 Å². The van der Waals surface area contributed by atoms with Crippen molar-refractivity contribution in [2.75, 3.05) is 0 Å². The van der Waals surface area contributed by atoms with E-state index in [9.17, 15) is 14.9 Å². The van der Waals surface area contributed by atoms with E-state index in [-0.39, 0.29) is 17.5 Å². The second kappa shape index (κ2) is 6.34. The maximum absolute atomic E-state index is 12.0. The van der Waals surface area contributed by atoms with Gasteiger partial charge in [0.1, 0.15) is 0 Å². The molecule has 2 aromatic carbocycles. The Morgan fingerprint density at radius 1 is 1.17 bits per heavy atom. The molecule has 0 fully saturated rings. The van der Waals surface area contributed by atoms with E-state index < -0.39 is 4.92 Å². The molecule has 1 aliphatic heterocycles. The van der Waals surface area contributed by atoms with Gasteiger partial charge in [0.15, 0.2) is 0 Å². The summed E-state index contributed by atoms with van der Waals surface area (Å²) < 4.78 is 0.976. The van der Waals surface area contributed by atoms with E-state index in [4.69, 9.17) is 0 Å². The lowest BCUT2D eigenvalue weighted by Gasteiger charge is -2.22. The molecule has 0 spiro atoms. The van der Waals surface area contributed by atoms with Crippen LogP contribution in [0.4, 0.5) is 5.69 Å². The third kappa shape index (κ3) is 3.48. The van der Waals surface area contributed by atoms with E-state index in [0.29, 0.717) is 17.7 Å². The summed E-state index contributed by atoms with van der Waals surface area (Å²) in [6, 6.07) is 14.1. The zero-order valence-corrected chi connectivity index (χ0v) is 13.6. The largest absolute Gasteiger partial charge is 0.326 e. The number of nitro benzene ring substituents is 1. The Morgan fingerprint density at radius 2 is 1.91 bits per heavy atom. The summed E-state index contributed by atoms with van der Waals surface area (Å²) in [5.41, 5.74) is 2.28. The molecular weight excluding hydrogens is 360 g/mol. The van der Waals surface area contributed by atoms with Gasteiger partial charge in [0.05, 0.1) is 4.92 Å². The molecule has 0 radical (unpaired) electrons. The van der Waals surface area contributed by atoms with Crippen LogP contribution in [0.3, 0.4) is 0 Å². The average molecular weight is 373 g/mol. The topological polar surface area (TPSA) is 72.2 Å². The molecule has 1 aliphatic rings. The quantitative estimate of drug-likeness (QED) is 0.653. The van der Waals surface area contributed by atoms with Gasteiger partial charge < -0.3 is 5.32 Å². The van der Waals surface area contributed by atoms with Gasteiger partial charge in [-0.2, -0.15) is 0 Å². The van der Waals surface area contributed by atoms with Crippen LogP contribution in [-0.4, -0.2) is 10.8 Å². The molecule has 1 amide bonds. The fourth-order valence-corrected chi connectivity index (χ4v) is 2.85. The molecular formula is C17H13BrN2O3. The second-order valence-electron chi connectivity index (χ2n) is 5.30. The van der Waals surface area contributed by atoms with Crippen LogP contribution in [0, 0.1) is 10.1 Å². The van der Waals surface area contributed by atoms with Crippen molar-refractivity contribution in [2.24, 2.45) is 0 Å². The summed E-state index contributed by atoms with van der Waals surface area (Å²) in [6.45, 7) is 0. The Labute approximate surface area is 141 Å². The molecule has 0 aromatic heterocycles. The van der Waals surface area contributed by atoms with Crippen LogP contribution >= 0.6 is 15.9 Å². The van der Waals surface area contributed by atoms with E-state index in [2.05, 4.69) is 21.2 Å². The van der Waals surface area contributed by atoms with Crippen molar-refractivity contribution < 1.29 is 9.72 Å². The third-order valence-electron chi connectivity index (χ3n) is 3.71. The zero-order valence-electron chi connectivity index (χ0n) is 12.0. The number of nitrogens with zero attached hydrogens (tertiary/aromatic N) is 1. The van der Waals surface area contributed by atoms with Gasteiger partial charge in [-0.15, -0.1) is 0 Å². The molecule has 1 unspecified atom stereocenters. The zero-order chi connectivity index (χ0) is 16.4. The van der Waals surface area contributed by atoms with Gasteiger partial charge >= 0.3 is 0 Å². The van der Waals surface area contributed by atoms with E-state index in [1.54, 1.807) is 12.1 Å². The number of non-ortho nitro benzene ring substituents is 1. The van der Waals surface area contributed by atoms with Crippen LogP contribution in [0.15, 0.2) is 59.1 Å². The van der Waals surface area contributed by atoms with Gasteiger partial charge in [0, 0.05) is 40.2 Å². The van der Waals surface area contributed by atoms with Gasteiger partial charge in [-0.1, -0.05) is 46.3 Å². The first-order valence-electron chi connectivity index (χ1n) is 7.05. The van der Waals surface area contributed by atoms with Crippen LogP contribution in [0.5, 0.6) is 0 Å². The number of carbonyl (C=O) groups is 1. The number of hydrogen-bond donors (Lipinski definition) is 1. The highest BCUT2D eigenvalue weighted by Gasteiger charge is 2.22. The second-order valence-corrected chi connectivity index (χ2v) is 6.21. The molecule has 1 N–H and O–H groups in total. The summed E-state index contributed by atoms with van der Waals surface area (Å²) in [4.78, 5) is 22.5. The highest BCUT2D eigenvalue weighted by Crippen LogP contribution is 2.30. The standard InChI is InChI=1S/C17H13BrN2O3/c18-14-6-4-11(5-7-14)13-9-16(19-17(21)10-13)12-2-1-3-15(8-12)20(22)23/h1-9,13H,10H2,(H,19,21). The summed E-state index contributed by atoms with van der Waals surface area (Å²) in [6.07, 6.45) is 2.31. The molecule has 0 saturated heterocycles. The number of amides is 1. The fourth-order valence-electron chi connectivity index (χ4n) is 2.58. The number of benzene rings is 2. The molecule has 1 heterocycles. The molecule has 2 aromatic rings. The molecule has 5 nitrogen and oxygen atoms in total.